The van der Waals surface area contributed by atoms with Crippen LogP contribution in [0.4, 0.5) is 0 Å². The van der Waals surface area contributed by atoms with E-state index in [1.807, 2.05) is 0 Å². The van der Waals surface area contributed by atoms with Crippen LogP contribution in [0.15, 0.2) is 24.3 Å². The summed E-state index contributed by atoms with van der Waals surface area (Å²) in [5.74, 6) is 0.968. The van der Waals surface area contributed by atoms with Crippen LogP contribution in [-0.4, -0.2) is 43.2 Å². The standard InChI is InChI=1S/C18H30N2O/c1-17(2,3)15-6-8-16(9-7-15)21-13-12-20-11-10-19-14-18(20,4)5/h6-9,19H,10-14H2,1-5H3. The smallest absolute Gasteiger partial charge is 0.119 e. The van der Waals surface area contributed by atoms with E-state index < -0.39 is 0 Å². The highest BCUT2D eigenvalue weighted by molar-refractivity contribution is 5.31. The Morgan fingerprint density at radius 1 is 1.19 bits per heavy atom. The topological polar surface area (TPSA) is 24.5 Å². The lowest BCUT2D eigenvalue weighted by molar-refractivity contribution is 0.0743. The second kappa shape index (κ2) is 6.37. The molecular formula is C18H30N2O. The minimum Gasteiger partial charge on any atom is -0.492 e. The zero-order valence-corrected chi connectivity index (χ0v) is 14.2. The molecule has 0 aromatic heterocycles. The van der Waals surface area contributed by atoms with Crippen molar-refractivity contribution in [2.75, 3.05) is 32.8 Å². The Kier molecular flexibility index (Phi) is 4.95. The Labute approximate surface area is 129 Å². The molecule has 1 aliphatic heterocycles. The molecule has 0 atom stereocenters. The van der Waals surface area contributed by atoms with E-state index >= 15 is 0 Å². The molecule has 3 nitrogen and oxygen atoms in total. The molecule has 0 radical (unpaired) electrons. The fourth-order valence-corrected chi connectivity index (χ4v) is 2.76. The lowest BCUT2D eigenvalue weighted by atomic mass is 9.87. The predicted octanol–water partition coefficient (Wildman–Crippen LogP) is 3.05. The normalized spacial score (nSPS) is 19.5. The highest BCUT2D eigenvalue weighted by atomic mass is 16.5. The molecular weight excluding hydrogens is 260 g/mol. The summed E-state index contributed by atoms with van der Waals surface area (Å²) in [6.07, 6.45) is 0. The second-order valence-electron chi connectivity index (χ2n) is 7.60. The molecule has 0 amide bonds. The van der Waals surface area contributed by atoms with Crippen molar-refractivity contribution >= 4 is 0 Å². The van der Waals surface area contributed by atoms with Crippen molar-refractivity contribution in [1.29, 1.82) is 0 Å². The van der Waals surface area contributed by atoms with Gasteiger partial charge in [0.05, 0.1) is 0 Å². The van der Waals surface area contributed by atoms with Crippen molar-refractivity contribution in [3.63, 3.8) is 0 Å². The number of piperazine rings is 1. The van der Waals surface area contributed by atoms with Crippen LogP contribution < -0.4 is 10.1 Å². The van der Waals surface area contributed by atoms with Crippen LogP contribution in [0.1, 0.15) is 40.2 Å². The van der Waals surface area contributed by atoms with Crippen molar-refractivity contribution in [3.05, 3.63) is 29.8 Å². The van der Waals surface area contributed by atoms with E-state index in [-0.39, 0.29) is 11.0 Å². The fraction of sp³-hybridized carbons (Fsp3) is 0.667. The largest absolute Gasteiger partial charge is 0.492 e. The maximum absolute atomic E-state index is 5.91. The van der Waals surface area contributed by atoms with Crippen molar-refractivity contribution in [2.45, 2.75) is 45.6 Å². The summed E-state index contributed by atoms with van der Waals surface area (Å²) in [4.78, 5) is 2.51. The van der Waals surface area contributed by atoms with E-state index in [0.717, 1.165) is 38.5 Å². The van der Waals surface area contributed by atoms with Crippen LogP contribution in [0.5, 0.6) is 5.75 Å². The molecule has 0 aliphatic carbocycles. The van der Waals surface area contributed by atoms with E-state index in [1.54, 1.807) is 0 Å². The molecule has 0 spiro atoms. The van der Waals surface area contributed by atoms with E-state index in [9.17, 15) is 0 Å². The van der Waals surface area contributed by atoms with Gasteiger partial charge in [-0.2, -0.15) is 0 Å². The zero-order chi connectivity index (χ0) is 15.5. The quantitative estimate of drug-likeness (QED) is 0.922. The maximum Gasteiger partial charge on any atom is 0.119 e. The third-order valence-electron chi connectivity index (χ3n) is 4.32. The van der Waals surface area contributed by atoms with E-state index in [4.69, 9.17) is 4.74 Å². The van der Waals surface area contributed by atoms with Gasteiger partial charge in [-0.3, -0.25) is 4.90 Å². The first-order valence-corrected chi connectivity index (χ1v) is 7.98. The van der Waals surface area contributed by atoms with Gasteiger partial charge in [-0.25, -0.2) is 0 Å². The molecule has 21 heavy (non-hydrogen) atoms. The van der Waals surface area contributed by atoms with Gasteiger partial charge in [-0.05, 0) is 37.0 Å². The number of nitrogens with zero attached hydrogens (tertiary/aromatic N) is 1. The van der Waals surface area contributed by atoms with E-state index in [0.29, 0.717) is 0 Å². The van der Waals surface area contributed by atoms with Gasteiger partial charge in [0.15, 0.2) is 0 Å². The van der Waals surface area contributed by atoms with Crippen LogP contribution in [-0.2, 0) is 5.41 Å². The molecule has 3 heteroatoms. The number of benzene rings is 1. The third-order valence-corrected chi connectivity index (χ3v) is 4.32. The van der Waals surface area contributed by atoms with E-state index in [2.05, 4.69) is 69.1 Å². The minimum atomic E-state index is 0.198. The molecule has 1 heterocycles. The highest BCUT2D eigenvalue weighted by Crippen LogP contribution is 2.24. The minimum absolute atomic E-state index is 0.198. The molecule has 1 N–H and O–H groups in total. The van der Waals surface area contributed by atoms with E-state index in [1.165, 1.54) is 5.56 Å². The molecule has 0 bridgehead atoms. The van der Waals surface area contributed by atoms with Gasteiger partial charge in [0.1, 0.15) is 12.4 Å². The average Bonchev–Trinajstić information content (AvgIpc) is 2.40. The summed E-state index contributed by atoms with van der Waals surface area (Å²) >= 11 is 0. The molecule has 0 unspecified atom stereocenters. The molecule has 1 fully saturated rings. The number of hydrogen-bond acceptors (Lipinski definition) is 3. The van der Waals surface area contributed by atoms with Gasteiger partial charge >= 0.3 is 0 Å². The van der Waals surface area contributed by atoms with Crippen molar-refractivity contribution < 1.29 is 4.74 Å². The summed E-state index contributed by atoms with van der Waals surface area (Å²) < 4.78 is 5.91. The van der Waals surface area contributed by atoms with Gasteiger partial charge in [0, 0.05) is 31.7 Å². The molecule has 1 aliphatic rings. The Hall–Kier alpha value is -1.06. The van der Waals surface area contributed by atoms with Crippen molar-refractivity contribution in [1.82, 2.24) is 10.2 Å². The Balaban J connectivity index is 1.83. The first kappa shape index (κ1) is 16.3. The summed E-state index contributed by atoms with van der Waals surface area (Å²) in [7, 11) is 0. The average molecular weight is 290 g/mol. The maximum atomic E-state index is 5.91. The van der Waals surface area contributed by atoms with Crippen molar-refractivity contribution in [3.8, 4) is 5.75 Å². The summed E-state index contributed by atoms with van der Waals surface area (Å²) in [5.41, 5.74) is 1.76. The first-order chi connectivity index (χ1) is 9.79. The number of ether oxygens (including phenoxy) is 1. The first-order valence-electron chi connectivity index (χ1n) is 7.98. The summed E-state index contributed by atoms with van der Waals surface area (Å²) in [6, 6.07) is 8.52. The predicted molar refractivity (Wildman–Crippen MR) is 89.2 cm³/mol. The fourth-order valence-electron chi connectivity index (χ4n) is 2.76. The summed E-state index contributed by atoms with van der Waals surface area (Å²) in [5, 5.41) is 3.45. The van der Waals surface area contributed by atoms with Gasteiger partial charge in [0.25, 0.3) is 0 Å². The Morgan fingerprint density at radius 2 is 1.86 bits per heavy atom. The Morgan fingerprint density at radius 3 is 2.43 bits per heavy atom. The zero-order valence-electron chi connectivity index (χ0n) is 14.2. The molecule has 118 valence electrons. The van der Waals surface area contributed by atoms with Crippen LogP contribution in [0.25, 0.3) is 0 Å². The molecule has 2 rings (SSSR count). The third kappa shape index (κ3) is 4.45. The molecule has 1 aromatic carbocycles. The lowest BCUT2D eigenvalue weighted by Crippen LogP contribution is -2.58. The van der Waals surface area contributed by atoms with Crippen LogP contribution >= 0.6 is 0 Å². The van der Waals surface area contributed by atoms with Gasteiger partial charge < -0.3 is 10.1 Å². The van der Waals surface area contributed by atoms with Crippen LogP contribution in [0.2, 0.25) is 0 Å². The summed E-state index contributed by atoms with van der Waals surface area (Å²) in [6.45, 7) is 16.2. The SMILES string of the molecule is CC(C)(C)c1ccc(OCCN2CCNCC2(C)C)cc1. The number of nitrogens with one attached hydrogen (secondary N) is 1. The molecule has 1 aromatic rings. The number of hydrogen-bond donors (Lipinski definition) is 1. The highest BCUT2D eigenvalue weighted by Gasteiger charge is 2.28. The molecule has 1 saturated heterocycles. The van der Waals surface area contributed by atoms with Crippen LogP contribution in [0, 0.1) is 0 Å². The second-order valence-corrected chi connectivity index (χ2v) is 7.60. The lowest BCUT2D eigenvalue weighted by Gasteiger charge is -2.42. The van der Waals surface area contributed by atoms with Gasteiger partial charge in [-0.15, -0.1) is 0 Å². The van der Waals surface area contributed by atoms with Crippen LogP contribution in [0.3, 0.4) is 0 Å². The monoisotopic (exact) mass is 290 g/mol. The van der Waals surface area contributed by atoms with Gasteiger partial charge in [0.2, 0.25) is 0 Å². The number of rotatable bonds is 4. The Bertz CT molecular complexity index is 445. The van der Waals surface area contributed by atoms with Crippen molar-refractivity contribution in [2.24, 2.45) is 0 Å². The molecule has 0 saturated carbocycles. The van der Waals surface area contributed by atoms with Gasteiger partial charge in [-0.1, -0.05) is 32.9 Å².